The van der Waals surface area contributed by atoms with Crippen LogP contribution in [0.5, 0.6) is 0 Å². The SMILES string of the molecule is CC1CCCN(S(=O)(=O)c2cc(C(=O)OC(C)C(=O)c3ccccc3)ccc2Cl)C1. The van der Waals surface area contributed by atoms with Gasteiger partial charge in [-0.25, -0.2) is 13.2 Å². The highest BCUT2D eigenvalue weighted by molar-refractivity contribution is 7.89. The van der Waals surface area contributed by atoms with E-state index >= 15 is 0 Å². The number of esters is 1. The minimum atomic E-state index is -3.84. The van der Waals surface area contributed by atoms with E-state index in [1.54, 1.807) is 30.3 Å². The van der Waals surface area contributed by atoms with Crippen molar-refractivity contribution in [3.8, 4) is 0 Å². The Bertz CT molecular complexity index is 1040. The molecule has 2 aromatic rings. The van der Waals surface area contributed by atoms with Gasteiger partial charge in [0.1, 0.15) is 4.90 Å². The largest absolute Gasteiger partial charge is 0.451 e. The number of ether oxygens (including phenoxy) is 1. The van der Waals surface area contributed by atoms with Gasteiger partial charge in [-0.2, -0.15) is 4.31 Å². The first kappa shape index (κ1) is 22.5. The van der Waals surface area contributed by atoms with Gasteiger partial charge in [-0.3, -0.25) is 4.79 Å². The number of hydrogen-bond donors (Lipinski definition) is 0. The predicted molar refractivity (Wildman–Crippen MR) is 114 cm³/mol. The molecule has 0 radical (unpaired) electrons. The number of halogens is 1. The second kappa shape index (κ2) is 9.29. The van der Waals surface area contributed by atoms with Gasteiger partial charge in [-0.15, -0.1) is 0 Å². The Kier molecular flexibility index (Phi) is 6.95. The molecule has 6 nitrogen and oxygen atoms in total. The molecular formula is C22H24ClNO5S. The molecule has 0 bridgehead atoms. The first-order valence-electron chi connectivity index (χ1n) is 9.80. The van der Waals surface area contributed by atoms with E-state index in [1.807, 2.05) is 6.92 Å². The standard InChI is InChI=1S/C22H24ClNO5S/c1-15-7-6-12-24(14-15)30(27,28)20-13-18(10-11-19(20)23)22(26)29-16(2)21(25)17-8-4-3-5-9-17/h3-5,8-11,13,15-16H,6-7,12,14H2,1-2H3. The highest BCUT2D eigenvalue weighted by atomic mass is 35.5. The van der Waals surface area contributed by atoms with Crippen LogP contribution in [0.3, 0.4) is 0 Å². The number of nitrogens with zero attached hydrogens (tertiary/aromatic N) is 1. The third-order valence-corrected chi connectivity index (χ3v) is 7.46. The highest BCUT2D eigenvalue weighted by Crippen LogP contribution is 2.29. The van der Waals surface area contributed by atoms with Crippen LogP contribution in [-0.4, -0.2) is 43.7 Å². The van der Waals surface area contributed by atoms with Crippen LogP contribution in [0.15, 0.2) is 53.4 Å². The van der Waals surface area contributed by atoms with Crippen molar-refractivity contribution in [3.05, 3.63) is 64.7 Å². The van der Waals surface area contributed by atoms with E-state index in [0.29, 0.717) is 18.7 Å². The number of rotatable bonds is 6. The molecular weight excluding hydrogens is 426 g/mol. The van der Waals surface area contributed by atoms with Crippen LogP contribution in [-0.2, 0) is 14.8 Å². The monoisotopic (exact) mass is 449 g/mol. The quantitative estimate of drug-likeness (QED) is 0.488. The zero-order valence-corrected chi connectivity index (χ0v) is 18.4. The maximum Gasteiger partial charge on any atom is 0.338 e. The molecule has 8 heteroatoms. The fraction of sp³-hybridized carbons (Fsp3) is 0.364. The molecule has 0 aromatic heterocycles. The van der Waals surface area contributed by atoms with E-state index in [1.165, 1.54) is 29.4 Å². The van der Waals surface area contributed by atoms with Crippen LogP contribution in [0, 0.1) is 5.92 Å². The zero-order valence-electron chi connectivity index (χ0n) is 16.9. The van der Waals surface area contributed by atoms with Gasteiger partial charge in [0.25, 0.3) is 0 Å². The summed E-state index contributed by atoms with van der Waals surface area (Å²) >= 11 is 6.17. The van der Waals surface area contributed by atoms with Crippen molar-refractivity contribution in [1.82, 2.24) is 4.31 Å². The number of hydrogen-bond acceptors (Lipinski definition) is 5. The molecule has 0 N–H and O–H groups in total. The number of carbonyl (C=O) groups excluding carboxylic acids is 2. The second-order valence-electron chi connectivity index (χ2n) is 7.53. The lowest BCUT2D eigenvalue weighted by Gasteiger charge is -2.30. The molecule has 3 rings (SSSR count). The lowest BCUT2D eigenvalue weighted by Crippen LogP contribution is -2.39. The molecule has 1 fully saturated rings. The van der Waals surface area contributed by atoms with Crippen molar-refractivity contribution in [3.63, 3.8) is 0 Å². The fourth-order valence-corrected chi connectivity index (χ4v) is 5.55. The lowest BCUT2D eigenvalue weighted by atomic mass is 10.0. The third kappa shape index (κ3) is 4.91. The van der Waals surface area contributed by atoms with E-state index in [0.717, 1.165) is 12.8 Å². The van der Waals surface area contributed by atoms with Crippen LogP contribution in [0.4, 0.5) is 0 Å². The van der Waals surface area contributed by atoms with Crippen molar-refractivity contribution in [2.24, 2.45) is 5.92 Å². The summed E-state index contributed by atoms with van der Waals surface area (Å²) in [5, 5.41) is 0.0400. The number of sulfonamides is 1. The Morgan fingerprint density at radius 3 is 2.50 bits per heavy atom. The van der Waals surface area contributed by atoms with E-state index in [-0.39, 0.29) is 27.2 Å². The summed E-state index contributed by atoms with van der Waals surface area (Å²) < 4.78 is 32.8. The molecule has 2 unspecified atom stereocenters. The van der Waals surface area contributed by atoms with Crippen LogP contribution in [0.25, 0.3) is 0 Å². The molecule has 0 saturated carbocycles. The second-order valence-corrected chi connectivity index (χ2v) is 9.85. The molecule has 1 aliphatic rings. The smallest absolute Gasteiger partial charge is 0.338 e. The first-order valence-corrected chi connectivity index (χ1v) is 11.6. The third-order valence-electron chi connectivity index (χ3n) is 5.12. The number of carbonyl (C=O) groups is 2. The van der Waals surface area contributed by atoms with Gasteiger partial charge in [0.2, 0.25) is 15.8 Å². The maximum absolute atomic E-state index is 13.1. The predicted octanol–water partition coefficient (Wildman–Crippen LogP) is 4.19. The molecule has 1 aliphatic heterocycles. The summed E-state index contributed by atoms with van der Waals surface area (Å²) in [4.78, 5) is 24.9. The Hall–Kier alpha value is -2.22. The lowest BCUT2D eigenvalue weighted by molar-refractivity contribution is 0.0318. The highest BCUT2D eigenvalue weighted by Gasteiger charge is 2.31. The van der Waals surface area contributed by atoms with Crippen LogP contribution in [0.2, 0.25) is 5.02 Å². The van der Waals surface area contributed by atoms with Crippen molar-refractivity contribution < 1.29 is 22.7 Å². The Morgan fingerprint density at radius 1 is 1.13 bits per heavy atom. The van der Waals surface area contributed by atoms with Crippen LogP contribution >= 0.6 is 11.6 Å². The van der Waals surface area contributed by atoms with Gasteiger partial charge in [0.05, 0.1) is 10.6 Å². The van der Waals surface area contributed by atoms with Gasteiger partial charge in [-0.1, -0.05) is 48.9 Å². The Morgan fingerprint density at radius 2 is 1.83 bits per heavy atom. The molecule has 0 aliphatic carbocycles. The van der Waals surface area contributed by atoms with Gasteiger partial charge < -0.3 is 4.74 Å². The molecule has 1 saturated heterocycles. The van der Waals surface area contributed by atoms with Crippen LogP contribution in [0.1, 0.15) is 47.4 Å². The van der Waals surface area contributed by atoms with E-state index in [9.17, 15) is 18.0 Å². The molecule has 160 valence electrons. The van der Waals surface area contributed by atoms with Crippen LogP contribution < -0.4 is 0 Å². The number of Topliss-reactive ketones (excluding diaryl/α,β-unsaturated/α-hetero) is 1. The summed E-state index contributed by atoms with van der Waals surface area (Å²) in [6, 6.07) is 12.5. The number of piperidine rings is 1. The van der Waals surface area contributed by atoms with Crippen molar-refractivity contribution in [2.75, 3.05) is 13.1 Å². The topological polar surface area (TPSA) is 80.8 Å². The van der Waals surface area contributed by atoms with E-state index < -0.39 is 22.1 Å². The van der Waals surface area contributed by atoms with E-state index in [2.05, 4.69) is 0 Å². The Labute approximate surface area is 181 Å². The molecule has 0 amide bonds. The molecule has 2 aromatic carbocycles. The molecule has 2 atom stereocenters. The molecule has 0 spiro atoms. The Balaban J connectivity index is 1.80. The van der Waals surface area contributed by atoms with Crippen molar-refractivity contribution in [1.29, 1.82) is 0 Å². The summed E-state index contributed by atoms with van der Waals surface area (Å²) in [6.45, 7) is 4.31. The number of ketones is 1. The fourth-order valence-electron chi connectivity index (χ4n) is 3.45. The normalized spacial score (nSPS) is 18.6. The van der Waals surface area contributed by atoms with Gasteiger partial charge in [0.15, 0.2) is 6.10 Å². The van der Waals surface area contributed by atoms with Gasteiger partial charge >= 0.3 is 5.97 Å². The minimum Gasteiger partial charge on any atom is -0.451 e. The molecule has 30 heavy (non-hydrogen) atoms. The number of benzene rings is 2. The molecule has 1 heterocycles. The minimum absolute atomic E-state index is 0.0238. The summed E-state index contributed by atoms with van der Waals surface area (Å²) in [6.07, 6.45) is 0.733. The maximum atomic E-state index is 13.1. The summed E-state index contributed by atoms with van der Waals surface area (Å²) in [5.74, 6) is -0.870. The average Bonchev–Trinajstić information content (AvgIpc) is 2.73. The average molecular weight is 450 g/mol. The first-order chi connectivity index (χ1) is 14.2. The zero-order chi connectivity index (χ0) is 21.9. The van der Waals surface area contributed by atoms with Gasteiger partial charge in [-0.05, 0) is 43.9 Å². The summed E-state index contributed by atoms with van der Waals surface area (Å²) in [5.41, 5.74) is 0.451. The van der Waals surface area contributed by atoms with Gasteiger partial charge in [0, 0.05) is 18.7 Å². The van der Waals surface area contributed by atoms with Crippen molar-refractivity contribution in [2.45, 2.75) is 37.7 Å². The summed E-state index contributed by atoms with van der Waals surface area (Å²) in [7, 11) is -3.84. The van der Waals surface area contributed by atoms with Crippen molar-refractivity contribution >= 4 is 33.4 Å². The van der Waals surface area contributed by atoms with E-state index in [4.69, 9.17) is 16.3 Å².